The number of Topliss-reactive ketones (excluding diaryl/α,β-unsaturated/α-hetero) is 1. The first kappa shape index (κ1) is 13.3. The van der Waals surface area contributed by atoms with E-state index in [9.17, 15) is 4.79 Å². The van der Waals surface area contributed by atoms with Crippen LogP contribution in [0.3, 0.4) is 0 Å². The molecule has 2 nitrogen and oxygen atoms in total. The summed E-state index contributed by atoms with van der Waals surface area (Å²) in [6.45, 7) is 7.88. The highest BCUT2D eigenvalue weighted by Crippen LogP contribution is 2.35. The summed E-state index contributed by atoms with van der Waals surface area (Å²) in [5, 5.41) is 3.37. The van der Waals surface area contributed by atoms with Gasteiger partial charge in [-0.25, -0.2) is 0 Å². The zero-order valence-corrected chi connectivity index (χ0v) is 11.6. The zero-order valence-electron chi connectivity index (χ0n) is 11.6. The van der Waals surface area contributed by atoms with Gasteiger partial charge in [0.15, 0.2) is 0 Å². The number of benzene rings is 1. The van der Waals surface area contributed by atoms with Gasteiger partial charge in [-0.1, -0.05) is 51.1 Å². The summed E-state index contributed by atoms with van der Waals surface area (Å²) >= 11 is 0. The lowest BCUT2D eigenvalue weighted by Crippen LogP contribution is -2.43. The molecular weight excluding hydrogens is 222 g/mol. The quantitative estimate of drug-likeness (QED) is 0.868. The Morgan fingerprint density at radius 3 is 2.50 bits per heavy atom. The SMILES string of the molecule is CC(C)(C)C(=O)C1CNCC[C@@H]1c1ccccc1. The van der Waals surface area contributed by atoms with Crippen LogP contribution in [0, 0.1) is 11.3 Å². The van der Waals surface area contributed by atoms with Crippen molar-refractivity contribution in [3.63, 3.8) is 0 Å². The maximum Gasteiger partial charge on any atom is 0.143 e. The predicted octanol–water partition coefficient (Wildman–Crippen LogP) is 2.99. The average Bonchev–Trinajstić information content (AvgIpc) is 2.38. The molecule has 1 unspecified atom stereocenters. The molecule has 1 N–H and O–H groups in total. The maximum absolute atomic E-state index is 12.6. The van der Waals surface area contributed by atoms with Gasteiger partial charge in [0.2, 0.25) is 0 Å². The molecule has 1 aromatic rings. The number of carbonyl (C=O) groups is 1. The molecule has 2 rings (SSSR count). The van der Waals surface area contributed by atoms with Crippen molar-refractivity contribution in [2.45, 2.75) is 33.1 Å². The van der Waals surface area contributed by atoms with Gasteiger partial charge >= 0.3 is 0 Å². The fourth-order valence-corrected chi connectivity index (χ4v) is 2.79. The smallest absolute Gasteiger partial charge is 0.143 e. The molecule has 0 saturated carbocycles. The van der Waals surface area contributed by atoms with Crippen LogP contribution >= 0.6 is 0 Å². The van der Waals surface area contributed by atoms with Gasteiger partial charge in [-0.3, -0.25) is 4.79 Å². The highest BCUT2D eigenvalue weighted by Gasteiger charge is 2.36. The summed E-state index contributed by atoms with van der Waals surface area (Å²) in [7, 11) is 0. The van der Waals surface area contributed by atoms with E-state index in [4.69, 9.17) is 0 Å². The van der Waals surface area contributed by atoms with Crippen LogP contribution in [0.1, 0.15) is 38.7 Å². The topological polar surface area (TPSA) is 29.1 Å². The fourth-order valence-electron chi connectivity index (χ4n) is 2.79. The summed E-state index contributed by atoms with van der Waals surface area (Å²) in [4.78, 5) is 12.6. The first-order valence-corrected chi connectivity index (χ1v) is 6.80. The molecule has 0 aromatic heterocycles. The van der Waals surface area contributed by atoms with Crippen LogP contribution in [0.4, 0.5) is 0 Å². The van der Waals surface area contributed by atoms with Crippen LogP contribution in [0.25, 0.3) is 0 Å². The maximum atomic E-state index is 12.6. The van der Waals surface area contributed by atoms with Crippen LogP contribution < -0.4 is 5.32 Å². The van der Waals surface area contributed by atoms with Gasteiger partial charge in [0.25, 0.3) is 0 Å². The van der Waals surface area contributed by atoms with Crippen molar-refractivity contribution >= 4 is 5.78 Å². The molecule has 1 aromatic carbocycles. The monoisotopic (exact) mass is 245 g/mol. The normalized spacial score (nSPS) is 24.8. The van der Waals surface area contributed by atoms with Crippen LogP contribution in [0.5, 0.6) is 0 Å². The molecule has 98 valence electrons. The summed E-state index contributed by atoms with van der Waals surface area (Å²) < 4.78 is 0. The Morgan fingerprint density at radius 2 is 1.89 bits per heavy atom. The first-order chi connectivity index (χ1) is 8.50. The van der Waals surface area contributed by atoms with Crippen molar-refractivity contribution in [3.05, 3.63) is 35.9 Å². The third-order valence-corrected chi connectivity index (χ3v) is 3.79. The minimum Gasteiger partial charge on any atom is -0.316 e. The van der Waals surface area contributed by atoms with Gasteiger partial charge in [0, 0.05) is 17.9 Å². The van der Waals surface area contributed by atoms with E-state index < -0.39 is 0 Å². The van der Waals surface area contributed by atoms with E-state index in [1.165, 1.54) is 5.56 Å². The standard InChI is InChI=1S/C16H23NO/c1-16(2,3)15(18)14-11-17-10-9-13(14)12-7-5-4-6-8-12/h4-8,13-14,17H,9-11H2,1-3H3/t13-,14?/m1/s1. The molecule has 0 radical (unpaired) electrons. The highest BCUT2D eigenvalue weighted by molar-refractivity contribution is 5.87. The number of piperidine rings is 1. The molecule has 2 atom stereocenters. The van der Waals surface area contributed by atoms with Gasteiger partial charge < -0.3 is 5.32 Å². The molecular formula is C16H23NO. The lowest BCUT2D eigenvalue weighted by molar-refractivity contribution is -0.131. The molecule has 1 aliphatic rings. The molecule has 1 heterocycles. The summed E-state index contributed by atoms with van der Waals surface area (Å²) in [6, 6.07) is 10.5. The lowest BCUT2D eigenvalue weighted by Gasteiger charge is -2.35. The number of rotatable bonds is 2. The van der Waals surface area contributed by atoms with Crippen molar-refractivity contribution in [1.29, 1.82) is 0 Å². The van der Waals surface area contributed by atoms with E-state index >= 15 is 0 Å². The average molecular weight is 245 g/mol. The molecule has 0 amide bonds. The lowest BCUT2D eigenvalue weighted by atomic mass is 9.72. The Bertz CT molecular complexity index is 405. The summed E-state index contributed by atoms with van der Waals surface area (Å²) in [5.74, 6) is 0.865. The Kier molecular flexibility index (Phi) is 3.86. The second-order valence-electron chi connectivity index (χ2n) is 6.23. The molecule has 0 spiro atoms. The zero-order chi connectivity index (χ0) is 13.2. The van der Waals surface area contributed by atoms with E-state index in [1.807, 2.05) is 26.8 Å². The van der Waals surface area contributed by atoms with Crippen molar-refractivity contribution in [2.24, 2.45) is 11.3 Å². The third kappa shape index (κ3) is 2.81. The Hall–Kier alpha value is -1.15. The van der Waals surface area contributed by atoms with Gasteiger partial charge in [0.1, 0.15) is 5.78 Å². The van der Waals surface area contributed by atoms with E-state index in [0.717, 1.165) is 19.5 Å². The summed E-state index contributed by atoms with van der Waals surface area (Å²) in [6.07, 6.45) is 1.05. The molecule has 0 aliphatic carbocycles. The number of nitrogens with one attached hydrogen (secondary N) is 1. The largest absolute Gasteiger partial charge is 0.316 e. The molecule has 1 saturated heterocycles. The van der Waals surface area contributed by atoms with Crippen LogP contribution in [0.15, 0.2) is 30.3 Å². The van der Waals surface area contributed by atoms with Crippen LogP contribution in [-0.4, -0.2) is 18.9 Å². The van der Waals surface area contributed by atoms with Crippen LogP contribution in [-0.2, 0) is 4.79 Å². The fraction of sp³-hybridized carbons (Fsp3) is 0.562. The second-order valence-corrected chi connectivity index (χ2v) is 6.23. The van der Waals surface area contributed by atoms with Crippen molar-refractivity contribution < 1.29 is 4.79 Å². The van der Waals surface area contributed by atoms with E-state index in [2.05, 4.69) is 29.6 Å². The summed E-state index contributed by atoms with van der Waals surface area (Å²) in [5.41, 5.74) is 1.05. The van der Waals surface area contributed by atoms with Crippen molar-refractivity contribution in [2.75, 3.05) is 13.1 Å². The molecule has 1 fully saturated rings. The van der Waals surface area contributed by atoms with E-state index in [1.54, 1.807) is 0 Å². The van der Waals surface area contributed by atoms with Crippen molar-refractivity contribution in [1.82, 2.24) is 5.32 Å². The van der Waals surface area contributed by atoms with Gasteiger partial charge in [-0.15, -0.1) is 0 Å². The minimum atomic E-state index is -0.253. The molecule has 2 heteroatoms. The van der Waals surface area contributed by atoms with Gasteiger partial charge in [-0.05, 0) is 24.4 Å². The molecule has 1 aliphatic heterocycles. The molecule has 0 bridgehead atoms. The Morgan fingerprint density at radius 1 is 1.22 bits per heavy atom. The number of hydrogen-bond acceptors (Lipinski definition) is 2. The van der Waals surface area contributed by atoms with Gasteiger partial charge in [0.05, 0.1) is 0 Å². The van der Waals surface area contributed by atoms with Gasteiger partial charge in [-0.2, -0.15) is 0 Å². The first-order valence-electron chi connectivity index (χ1n) is 6.80. The van der Waals surface area contributed by atoms with E-state index in [-0.39, 0.29) is 11.3 Å². The predicted molar refractivity (Wildman–Crippen MR) is 74.6 cm³/mol. The second kappa shape index (κ2) is 5.23. The minimum absolute atomic E-state index is 0.112. The highest BCUT2D eigenvalue weighted by atomic mass is 16.1. The number of ketones is 1. The van der Waals surface area contributed by atoms with Crippen molar-refractivity contribution in [3.8, 4) is 0 Å². The van der Waals surface area contributed by atoms with E-state index in [0.29, 0.717) is 11.7 Å². The number of hydrogen-bond donors (Lipinski definition) is 1. The number of carbonyl (C=O) groups excluding carboxylic acids is 1. The van der Waals surface area contributed by atoms with Crippen LogP contribution in [0.2, 0.25) is 0 Å². The Balaban J connectivity index is 2.24. The Labute approximate surface area is 110 Å². The molecule has 18 heavy (non-hydrogen) atoms. The third-order valence-electron chi connectivity index (χ3n) is 3.79.